The number of hydrogen-bond acceptors (Lipinski definition) is 5. The van der Waals surface area contributed by atoms with Crippen LogP contribution in [0.2, 0.25) is 0 Å². The number of ether oxygens (including phenoxy) is 1. The minimum atomic E-state index is -4.50. The zero-order chi connectivity index (χ0) is 14.9. The number of nitrogens with zero attached hydrogens (tertiary/aromatic N) is 2. The number of carbonyl (C=O) groups is 1. The van der Waals surface area contributed by atoms with E-state index in [2.05, 4.69) is 25.4 Å². The molecule has 0 aliphatic carbocycles. The Bertz CT molecular complexity index is 558. The molecule has 0 unspecified atom stereocenters. The SMILES string of the molecule is NC(=O)c1ncn([C@H]2CC[C@@H](COP(=O)(O)O)O2)c1Br. The average molecular weight is 370 g/mol. The number of primary amides is 1. The van der Waals surface area contributed by atoms with Crippen LogP contribution in [0.15, 0.2) is 10.9 Å². The normalized spacial score (nSPS) is 23.1. The second-order valence-electron chi connectivity index (χ2n) is 4.23. The van der Waals surface area contributed by atoms with Crippen molar-refractivity contribution in [1.29, 1.82) is 0 Å². The second-order valence-corrected chi connectivity index (χ2v) is 6.22. The standard InChI is InChI=1S/C9H13BrN3O6P/c10-8-7(9(11)14)12-4-13(8)6-2-1-5(19-6)3-18-20(15,16)17/h4-6H,1-3H2,(H2,11,14)(H2,15,16,17)/t5-,6+/m0/s1. The highest BCUT2D eigenvalue weighted by atomic mass is 79.9. The summed E-state index contributed by atoms with van der Waals surface area (Å²) in [4.78, 5) is 32.2. The van der Waals surface area contributed by atoms with Crippen molar-refractivity contribution in [3.05, 3.63) is 16.6 Å². The van der Waals surface area contributed by atoms with E-state index >= 15 is 0 Å². The van der Waals surface area contributed by atoms with E-state index in [0.717, 1.165) is 0 Å². The minimum absolute atomic E-state index is 0.100. The Morgan fingerprint density at radius 2 is 2.35 bits per heavy atom. The van der Waals surface area contributed by atoms with Gasteiger partial charge in [-0.3, -0.25) is 13.9 Å². The molecule has 0 radical (unpaired) electrons. The van der Waals surface area contributed by atoms with Crippen LogP contribution in [0.25, 0.3) is 0 Å². The zero-order valence-corrected chi connectivity index (χ0v) is 12.7. The highest BCUT2D eigenvalue weighted by Crippen LogP contribution is 2.38. The summed E-state index contributed by atoms with van der Waals surface area (Å²) in [6.07, 6.45) is 1.76. The van der Waals surface area contributed by atoms with Gasteiger partial charge in [-0.15, -0.1) is 0 Å². The van der Waals surface area contributed by atoms with Gasteiger partial charge in [0.15, 0.2) is 5.69 Å². The van der Waals surface area contributed by atoms with E-state index in [1.54, 1.807) is 4.57 Å². The molecule has 11 heteroatoms. The number of phosphoric acid groups is 1. The lowest BCUT2D eigenvalue weighted by Gasteiger charge is -2.16. The molecule has 1 aromatic heterocycles. The van der Waals surface area contributed by atoms with Gasteiger partial charge in [-0.2, -0.15) is 0 Å². The van der Waals surface area contributed by atoms with E-state index in [-0.39, 0.29) is 12.3 Å². The summed E-state index contributed by atoms with van der Waals surface area (Å²) >= 11 is 3.22. The van der Waals surface area contributed by atoms with Crippen LogP contribution in [0.3, 0.4) is 0 Å². The predicted molar refractivity (Wildman–Crippen MR) is 69.6 cm³/mol. The molecule has 0 saturated carbocycles. The lowest BCUT2D eigenvalue weighted by Crippen LogP contribution is -2.16. The van der Waals surface area contributed by atoms with Crippen LogP contribution in [-0.4, -0.2) is 38.0 Å². The third-order valence-electron chi connectivity index (χ3n) is 2.79. The third kappa shape index (κ3) is 3.66. The van der Waals surface area contributed by atoms with Gasteiger partial charge < -0.3 is 20.3 Å². The van der Waals surface area contributed by atoms with Gasteiger partial charge in [-0.1, -0.05) is 0 Å². The van der Waals surface area contributed by atoms with Crippen LogP contribution < -0.4 is 5.73 Å². The predicted octanol–water partition coefficient (Wildman–Crippen LogP) is 0.531. The average Bonchev–Trinajstić information content (AvgIpc) is 2.91. The third-order valence-corrected chi connectivity index (χ3v) is 4.06. The van der Waals surface area contributed by atoms with E-state index in [4.69, 9.17) is 20.3 Å². The number of rotatable bonds is 5. The van der Waals surface area contributed by atoms with Crippen molar-refractivity contribution in [2.45, 2.75) is 25.2 Å². The lowest BCUT2D eigenvalue weighted by atomic mass is 10.2. The van der Waals surface area contributed by atoms with E-state index < -0.39 is 26.1 Å². The first-order valence-electron chi connectivity index (χ1n) is 5.65. The number of amides is 1. The van der Waals surface area contributed by atoms with Gasteiger partial charge >= 0.3 is 7.82 Å². The molecule has 4 N–H and O–H groups in total. The molecule has 1 aromatic rings. The Kier molecular flexibility index (Phi) is 4.62. The molecule has 1 fully saturated rings. The first kappa shape index (κ1) is 15.6. The van der Waals surface area contributed by atoms with Crippen LogP contribution in [0.4, 0.5) is 0 Å². The zero-order valence-electron chi connectivity index (χ0n) is 10.2. The Hall–Kier alpha value is -0.770. The van der Waals surface area contributed by atoms with Crippen molar-refractivity contribution in [1.82, 2.24) is 9.55 Å². The maximum absolute atomic E-state index is 11.1. The summed E-state index contributed by atoms with van der Waals surface area (Å²) in [6.45, 7) is -0.199. The van der Waals surface area contributed by atoms with Crippen molar-refractivity contribution in [3.63, 3.8) is 0 Å². The maximum atomic E-state index is 11.1. The van der Waals surface area contributed by atoms with Crippen LogP contribution in [0.1, 0.15) is 29.6 Å². The quantitative estimate of drug-likeness (QED) is 0.643. The van der Waals surface area contributed by atoms with Crippen LogP contribution in [0.5, 0.6) is 0 Å². The molecule has 0 spiro atoms. The van der Waals surface area contributed by atoms with Crippen molar-refractivity contribution >= 4 is 29.7 Å². The van der Waals surface area contributed by atoms with Gasteiger partial charge in [0, 0.05) is 0 Å². The van der Waals surface area contributed by atoms with Gasteiger partial charge in [0.2, 0.25) is 0 Å². The summed E-state index contributed by atoms with van der Waals surface area (Å²) in [5, 5.41) is 0. The van der Waals surface area contributed by atoms with Crippen LogP contribution in [0, 0.1) is 0 Å². The summed E-state index contributed by atoms with van der Waals surface area (Å²) in [5.74, 6) is -0.657. The Morgan fingerprint density at radius 3 is 2.90 bits per heavy atom. The number of halogens is 1. The molecule has 0 bridgehead atoms. The summed E-state index contributed by atoms with van der Waals surface area (Å²) in [5.41, 5.74) is 5.26. The van der Waals surface area contributed by atoms with Crippen molar-refractivity contribution in [3.8, 4) is 0 Å². The fourth-order valence-corrected chi connectivity index (χ4v) is 2.88. The van der Waals surface area contributed by atoms with Gasteiger partial charge in [-0.25, -0.2) is 9.55 Å². The molecule has 20 heavy (non-hydrogen) atoms. The fraction of sp³-hybridized carbons (Fsp3) is 0.556. The fourth-order valence-electron chi connectivity index (χ4n) is 1.91. The second kappa shape index (κ2) is 5.92. The van der Waals surface area contributed by atoms with Crippen molar-refractivity contribution in [2.75, 3.05) is 6.61 Å². The highest BCUT2D eigenvalue weighted by Gasteiger charge is 2.30. The number of hydrogen-bond donors (Lipinski definition) is 3. The number of carbonyl (C=O) groups excluding carboxylic acids is 1. The monoisotopic (exact) mass is 369 g/mol. The molecular formula is C9H13BrN3O6P. The van der Waals surface area contributed by atoms with E-state index in [1.807, 2.05) is 0 Å². The Labute approximate surface area is 122 Å². The summed E-state index contributed by atoms with van der Waals surface area (Å²) in [7, 11) is -4.50. The molecule has 1 aliphatic rings. The van der Waals surface area contributed by atoms with Gasteiger partial charge in [0.05, 0.1) is 19.0 Å². The first-order chi connectivity index (χ1) is 9.28. The van der Waals surface area contributed by atoms with Crippen molar-refractivity contribution in [2.24, 2.45) is 5.73 Å². The van der Waals surface area contributed by atoms with Crippen LogP contribution >= 0.6 is 23.8 Å². The molecular weight excluding hydrogens is 357 g/mol. The maximum Gasteiger partial charge on any atom is 0.469 e. The molecule has 1 amide bonds. The topological polar surface area (TPSA) is 137 Å². The molecule has 2 atom stereocenters. The van der Waals surface area contributed by atoms with Gasteiger partial charge in [0.1, 0.15) is 10.8 Å². The van der Waals surface area contributed by atoms with E-state index in [0.29, 0.717) is 17.4 Å². The number of imidazole rings is 1. The van der Waals surface area contributed by atoms with Gasteiger partial charge in [-0.05, 0) is 28.8 Å². The van der Waals surface area contributed by atoms with Crippen molar-refractivity contribution < 1.29 is 28.4 Å². The minimum Gasteiger partial charge on any atom is -0.364 e. The molecule has 9 nitrogen and oxygen atoms in total. The number of nitrogens with two attached hydrogens (primary N) is 1. The van der Waals surface area contributed by atoms with Gasteiger partial charge in [0.25, 0.3) is 5.91 Å². The van der Waals surface area contributed by atoms with Crippen LogP contribution in [-0.2, 0) is 13.8 Å². The summed E-state index contributed by atoms with van der Waals surface area (Å²) < 4.78 is 22.6. The lowest BCUT2D eigenvalue weighted by molar-refractivity contribution is -0.0231. The highest BCUT2D eigenvalue weighted by molar-refractivity contribution is 9.10. The largest absolute Gasteiger partial charge is 0.469 e. The molecule has 2 rings (SSSR count). The Balaban J connectivity index is 1.99. The summed E-state index contributed by atoms with van der Waals surface area (Å²) in [6, 6.07) is 0. The Morgan fingerprint density at radius 1 is 1.65 bits per heavy atom. The number of phosphoric ester groups is 1. The molecule has 2 heterocycles. The van der Waals surface area contributed by atoms with E-state index in [1.165, 1.54) is 6.33 Å². The molecule has 1 aliphatic heterocycles. The molecule has 112 valence electrons. The molecule has 0 aromatic carbocycles. The number of aromatic nitrogens is 2. The molecule has 1 saturated heterocycles. The first-order valence-corrected chi connectivity index (χ1v) is 7.98. The van der Waals surface area contributed by atoms with E-state index in [9.17, 15) is 9.36 Å². The smallest absolute Gasteiger partial charge is 0.364 e.